The summed E-state index contributed by atoms with van der Waals surface area (Å²) < 4.78 is 5.47. The van der Waals surface area contributed by atoms with Crippen LogP contribution in [0.25, 0.3) is 0 Å². The van der Waals surface area contributed by atoms with E-state index in [4.69, 9.17) is 4.74 Å². The van der Waals surface area contributed by atoms with Crippen molar-refractivity contribution in [2.75, 3.05) is 33.2 Å². The van der Waals surface area contributed by atoms with Gasteiger partial charge >= 0.3 is 6.09 Å². The van der Waals surface area contributed by atoms with E-state index in [0.29, 0.717) is 5.92 Å². The van der Waals surface area contributed by atoms with Gasteiger partial charge in [0, 0.05) is 32.7 Å². The first-order valence-corrected chi connectivity index (χ1v) is 15.4. The van der Waals surface area contributed by atoms with Crippen LogP contribution >= 0.6 is 0 Å². The monoisotopic (exact) mass is 554 g/mol. The summed E-state index contributed by atoms with van der Waals surface area (Å²) in [6, 6.07) is 9.48. The minimum atomic E-state index is -0.747. The van der Waals surface area contributed by atoms with Crippen LogP contribution in [0.4, 0.5) is 4.79 Å². The van der Waals surface area contributed by atoms with Gasteiger partial charge in [-0.25, -0.2) is 4.79 Å². The van der Waals surface area contributed by atoms with E-state index in [2.05, 4.69) is 45.4 Å². The van der Waals surface area contributed by atoms with Crippen molar-refractivity contribution in [3.63, 3.8) is 0 Å². The molecule has 0 bridgehead atoms. The number of nitrogens with one attached hydrogen (secondary N) is 1. The summed E-state index contributed by atoms with van der Waals surface area (Å²) in [5, 5.41) is 3.12. The molecule has 8 heteroatoms. The van der Waals surface area contributed by atoms with Crippen LogP contribution in [0.3, 0.4) is 0 Å². The Kier molecular flexibility index (Phi) is 10.1. The zero-order chi connectivity index (χ0) is 28.9. The average Bonchev–Trinajstić information content (AvgIpc) is 3.37. The molecule has 3 fully saturated rings. The van der Waals surface area contributed by atoms with Gasteiger partial charge in [-0.1, -0.05) is 49.6 Å². The van der Waals surface area contributed by atoms with Crippen LogP contribution in [0.2, 0.25) is 0 Å². The lowest BCUT2D eigenvalue weighted by atomic mass is 9.83. The first kappa shape index (κ1) is 30.4. The highest BCUT2D eigenvalue weighted by Gasteiger charge is 2.44. The Morgan fingerprint density at radius 1 is 1.02 bits per heavy atom. The first-order chi connectivity index (χ1) is 19.0. The molecule has 1 aromatic carbocycles. The Bertz CT molecular complexity index is 1000. The average molecular weight is 555 g/mol. The molecule has 222 valence electrons. The number of ether oxygens (including phenoxy) is 1. The van der Waals surface area contributed by atoms with Crippen molar-refractivity contribution in [2.24, 2.45) is 11.8 Å². The standard InChI is InChI=1S/C32H50N4O4/c1-23(34(5)31(39)40-32(2,3)4)29(37)33-28(26-14-10-7-11-15-26)30(38)36-21-18-25-17-20-35(22-27(25)36)19-16-24-12-8-6-9-13-24/h6,8-9,12-13,23,25-28H,7,10-11,14-22H2,1-5H3,(H,33,37)/t23-,25-,27+,28-/m0/s1. The predicted molar refractivity (Wildman–Crippen MR) is 157 cm³/mol. The van der Waals surface area contributed by atoms with Crippen molar-refractivity contribution >= 4 is 17.9 Å². The van der Waals surface area contributed by atoms with Gasteiger partial charge in [0.1, 0.15) is 17.7 Å². The van der Waals surface area contributed by atoms with Gasteiger partial charge in [0.15, 0.2) is 0 Å². The van der Waals surface area contributed by atoms with Crippen molar-refractivity contribution < 1.29 is 19.1 Å². The molecule has 3 aliphatic rings. The summed E-state index contributed by atoms with van der Waals surface area (Å²) in [7, 11) is 1.58. The van der Waals surface area contributed by atoms with Gasteiger partial charge in [0.2, 0.25) is 11.8 Å². The second kappa shape index (κ2) is 13.4. The Labute approximate surface area is 240 Å². The number of hydrogen-bond acceptors (Lipinski definition) is 5. The second-order valence-electron chi connectivity index (χ2n) is 13.1. The maximum Gasteiger partial charge on any atom is 0.410 e. The van der Waals surface area contributed by atoms with Gasteiger partial charge in [0.25, 0.3) is 0 Å². The number of likely N-dealkylation sites (tertiary alicyclic amines) is 2. The van der Waals surface area contributed by atoms with E-state index in [1.807, 2.05) is 0 Å². The molecule has 4 atom stereocenters. The molecule has 3 amide bonds. The molecule has 4 rings (SSSR count). The third-order valence-electron chi connectivity index (χ3n) is 9.12. The van der Waals surface area contributed by atoms with Crippen molar-refractivity contribution in [1.29, 1.82) is 0 Å². The predicted octanol–water partition coefficient (Wildman–Crippen LogP) is 4.47. The fraction of sp³-hybridized carbons (Fsp3) is 0.719. The summed E-state index contributed by atoms with van der Waals surface area (Å²) >= 11 is 0. The van der Waals surface area contributed by atoms with E-state index < -0.39 is 23.8 Å². The third-order valence-corrected chi connectivity index (χ3v) is 9.12. The topological polar surface area (TPSA) is 82.2 Å². The molecule has 0 unspecified atom stereocenters. The molecule has 2 aliphatic heterocycles. The molecule has 8 nitrogen and oxygen atoms in total. The van der Waals surface area contributed by atoms with Crippen LogP contribution in [0.15, 0.2) is 30.3 Å². The Hall–Kier alpha value is -2.61. The number of likely N-dealkylation sites (N-methyl/N-ethyl adjacent to an activating group) is 1. The molecule has 1 aliphatic carbocycles. The van der Waals surface area contributed by atoms with Crippen molar-refractivity contribution in [2.45, 2.75) is 103 Å². The summed E-state index contributed by atoms with van der Waals surface area (Å²) in [5.74, 6) is 0.406. The van der Waals surface area contributed by atoms with Crippen LogP contribution in [0.5, 0.6) is 0 Å². The minimum Gasteiger partial charge on any atom is -0.444 e. The van der Waals surface area contributed by atoms with Gasteiger partial charge < -0.3 is 19.9 Å². The van der Waals surface area contributed by atoms with Crippen LogP contribution in [-0.4, -0.2) is 89.6 Å². The van der Waals surface area contributed by atoms with Crippen molar-refractivity contribution in [3.05, 3.63) is 35.9 Å². The highest BCUT2D eigenvalue weighted by molar-refractivity contribution is 5.91. The summed E-state index contributed by atoms with van der Waals surface area (Å²) in [6.45, 7) is 10.8. The van der Waals surface area contributed by atoms with Crippen molar-refractivity contribution in [1.82, 2.24) is 20.0 Å². The van der Waals surface area contributed by atoms with E-state index >= 15 is 0 Å². The van der Waals surface area contributed by atoms with Gasteiger partial charge in [-0.15, -0.1) is 0 Å². The molecule has 2 heterocycles. The van der Waals surface area contributed by atoms with Crippen LogP contribution in [0, 0.1) is 11.8 Å². The second-order valence-corrected chi connectivity index (χ2v) is 13.1. The largest absolute Gasteiger partial charge is 0.444 e. The number of fused-ring (bicyclic) bond motifs is 1. The number of benzene rings is 1. The highest BCUT2D eigenvalue weighted by atomic mass is 16.6. The lowest BCUT2D eigenvalue weighted by molar-refractivity contribution is -0.141. The summed E-state index contributed by atoms with van der Waals surface area (Å²) in [6.07, 6.45) is 7.83. The van der Waals surface area contributed by atoms with E-state index in [0.717, 1.165) is 71.1 Å². The quantitative estimate of drug-likeness (QED) is 0.513. The van der Waals surface area contributed by atoms with E-state index in [-0.39, 0.29) is 23.8 Å². The first-order valence-electron chi connectivity index (χ1n) is 15.4. The normalized spacial score (nSPS) is 23.7. The molecule has 1 aromatic rings. The number of carbonyl (C=O) groups excluding carboxylic acids is 3. The highest BCUT2D eigenvalue weighted by Crippen LogP contribution is 2.34. The third kappa shape index (κ3) is 7.77. The SMILES string of the molecule is C[C@@H](C(=O)N[C@H](C(=O)N1CC[C@@H]2CCN(CCc3ccccc3)C[C@H]21)C1CCCCC1)N(C)C(=O)OC(C)(C)C. The Balaban J connectivity index is 1.43. The number of hydrogen-bond donors (Lipinski definition) is 1. The van der Waals surface area contributed by atoms with Crippen molar-refractivity contribution in [3.8, 4) is 0 Å². The fourth-order valence-corrected chi connectivity index (χ4v) is 6.58. The molecule has 2 saturated heterocycles. The maximum atomic E-state index is 14.2. The molecular weight excluding hydrogens is 504 g/mol. The van der Waals surface area contributed by atoms with Crippen LogP contribution in [0.1, 0.15) is 78.2 Å². The maximum absolute atomic E-state index is 14.2. The van der Waals surface area contributed by atoms with E-state index in [1.54, 1.807) is 34.7 Å². The molecule has 0 aromatic heterocycles. The smallest absolute Gasteiger partial charge is 0.410 e. The number of amides is 3. The fourth-order valence-electron chi connectivity index (χ4n) is 6.58. The number of piperidine rings is 1. The van der Waals surface area contributed by atoms with E-state index in [9.17, 15) is 14.4 Å². The number of rotatable bonds is 8. The lowest BCUT2D eigenvalue weighted by Crippen LogP contribution is -2.59. The zero-order valence-corrected chi connectivity index (χ0v) is 25.2. The number of nitrogens with zero attached hydrogens (tertiary/aromatic N) is 3. The van der Waals surface area contributed by atoms with Gasteiger partial charge in [-0.2, -0.15) is 0 Å². The van der Waals surface area contributed by atoms with Gasteiger partial charge in [-0.3, -0.25) is 14.5 Å². The van der Waals surface area contributed by atoms with Crippen LogP contribution in [-0.2, 0) is 20.7 Å². The van der Waals surface area contributed by atoms with Gasteiger partial charge in [0.05, 0.1) is 0 Å². The van der Waals surface area contributed by atoms with E-state index in [1.165, 1.54) is 16.9 Å². The molecule has 0 spiro atoms. The van der Waals surface area contributed by atoms with Crippen LogP contribution < -0.4 is 5.32 Å². The van der Waals surface area contributed by atoms with Gasteiger partial charge in [-0.05, 0) is 83.7 Å². The summed E-state index contributed by atoms with van der Waals surface area (Å²) in [5.41, 5.74) is 0.693. The molecule has 1 saturated carbocycles. The zero-order valence-electron chi connectivity index (χ0n) is 25.2. The Morgan fingerprint density at radius 3 is 2.38 bits per heavy atom. The number of carbonyl (C=O) groups is 3. The molecule has 0 radical (unpaired) electrons. The minimum absolute atomic E-state index is 0.0600. The molecular formula is C32H50N4O4. The molecule has 1 N–H and O–H groups in total. The molecule has 40 heavy (non-hydrogen) atoms. The Morgan fingerprint density at radius 2 is 1.70 bits per heavy atom. The summed E-state index contributed by atoms with van der Waals surface area (Å²) in [4.78, 5) is 46.2. The lowest BCUT2D eigenvalue weighted by Gasteiger charge is -2.41.